The van der Waals surface area contributed by atoms with Gasteiger partial charge in [0.1, 0.15) is 23.3 Å². The van der Waals surface area contributed by atoms with E-state index >= 15 is 0 Å². The van der Waals surface area contributed by atoms with E-state index in [0.29, 0.717) is 39.7 Å². The molecule has 0 spiro atoms. The molecule has 1 amide bonds. The number of carbonyl (C=O) groups excluding carboxylic acids is 1. The van der Waals surface area contributed by atoms with Crippen LogP contribution in [-0.2, 0) is 4.74 Å². The van der Waals surface area contributed by atoms with Crippen LogP contribution >= 0.6 is 0 Å². The van der Waals surface area contributed by atoms with Crippen molar-refractivity contribution in [3.63, 3.8) is 0 Å². The highest BCUT2D eigenvalue weighted by molar-refractivity contribution is 5.90. The van der Waals surface area contributed by atoms with E-state index in [-0.39, 0.29) is 11.5 Å². The van der Waals surface area contributed by atoms with Gasteiger partial charge in [-0.25, -0.2) is 24.1 Å². The topological polar surface area (TPSA) is 118 Å². The van der Waals surface area contributed by atoms with Crippen LogP contribution < -0.4 is 21.1 Å². The van der Waals surface area contributed by atoms with Gasteiger partial charge in [-0.1, -0.05) is 24.3 Å². The zero-order valence-electron chi connectivity index (χ0n) is 23.0. The number of benzene rings is 3. The lowest BCUT2D eigenvalue weighted by Crippen LogP contribution is -2.46. The van der Waals surface area contributed by atoms with Gasteiger partial charge in [0.2, 0.25) is 0 Å². The zero-order chi connectivity index (χ0) is 28.6. The normalized spacial score (nSPS) is 11.4. The number of rotatable bonds is 5. The number of nitrogen functional groups attached to an aromatic ring is 1. The summed E-state index contributed by atoms with van der Waals surface area (Å²) in [5.74, 6) is 1.50. The van der Waals surface area contributed by atoms with Crippen molar-refractivity contribution in [2.75, 3.05) is 17.7 Å². The second-order valence-corrected chi connectivity index (χ2v) is 10.2. The van der Waals surface area contributed by atoms with Crippen LogP contribution in [0.25, 0.3) is 22.5 Å². The van der Waals surface area contributed by atoms with Crippen molar-refractivity contribution in [2.24, 2.45) is 0 Å². The van der Waals surface area contributed by atoms with Gasteiger partial charge in [-0.2, -0.15) is 0 Å². The van der Waals surface area contributed by atoms with Gasteiger partial charge in [0.05, 0.1) is 18.5 Å². The summed E-state index contributed by atoms with van der Waals surface area (Å²) >= 11 is 0. The fourth-order valence-corrected chi connectivity index (χ4v) is 4.70. The highest BCUT2D eigenvalue weighted by atomic mass is 16.5. The number of carbonyl (C=O) groups is 1. The van der Waals surface area contributed by atoms with Gasteiger partial charge in [0.15, 0.2) is 11.5 Å². The van der Waals surface area contributed by atoms with Crippen molar-refractivity contribution in [3.8, 4) is 22.9 Å². The number of hydrogen-bond donors (Lipinski definition) is 1. The lowest BCUT2D eigenvalue weighted by atomic mass is 10.1. The number of ether oxygens (including phenoxy) is 2. The van der Waals surface area contributed by atoms with E-state index in [4.69, 9.17) is 15.2 Å². The van der Waals surface area contributed by atoms with Crippen LogP contribution in [0.5, 0.6) is 11.5 Å². The van der Waals surface area contributed by atoms with Crippen LogP contribution in [0.1, 0.15) is 26.3 Å². The first kappa shape index (κ1) is 26.5. The van der Waals surface area contributed by atoms with Crippen molar-refractivity contribution in [1.82, 2.24) is 19.1 Å². The molecule has 10 nitrogen and oxygen atoms in total. The number of anilines is 2. The molecule has 0 bridgehead atoms. The maximum Gasteiger partial charge on any atom is 0.414 e. The first-order chi connectivity index (χ1) is 19.1. The van der Waals surface area contributed by atoms with E-state index in [9.17, 15) is 9.59 Å². The van der Waals surface area contributed by atoms with E-state index < -0.39 is 11.6 Å². The number of methoxy groups -OCH3 is 1. The summed E-state index contributed by atoms with van der Waals surface area (Å²) in [7, 11) is 1.33. The van der Waals surface area contributed by atoms with Gasteiger partial charge < -0.3 is 15.2 Å². The molecule has 0 aliphatic rings. The molecule has 5 rings (SSSR count). The quantitative estimate of drug-likeness (QED) is 0.308. The predicted molar refractivity (Wildman–Crippen MR) is 155 cm³/mol. The number of imidazole rings is 1. The molecule has 0 aliphatic carbocycles. The van der Waals surface area contributed by atoms with E-state index in [1.807, 2.05) is 64.1 Å². The molecule has 0 saturated heterocycles. The molecule has 2 heterocycles. The minimum absolute atomic E-state index is 0.159. The SMILES string of the molecule is COC(=O)N(c1cccc(-n2c(=O)n(-c3ccc(Oc4ccccc4)cc3C)c3c(N)ncnc32)c1)C(C)(C)C. The van der Waals surface area contributed by atoms with Crippen LogP contribution in [-0.4, -0.2) is 37.8 Å². The van der Waals surface area contributed by atoms with Crippen molar-refractivity contribution >= 4 is 28.8 Å². The van der Waals surface area contributed by atoms with E-state index in [2.05, 4.69) is 9.97 Å². The molecular weight excluding hydrogens is 508 g/mol. The molecule has 204 valence electrons. The number of fused-ring (bicyclic) bond motifs is 1. The van der Waals surface area contributed by atoms with Crippen LogP contribution in [0, 0.1) is 6.92 Å². The van der Waals surface area contributed by atoms with Crippen LogP contribution in [0.15, 0.2) is 83.9 Å². The Hall–Kier alpha value is -5.12. The largest absolute Gasteiger partial charge is 0.457 e. The van der Waals surface area contributed by atoms with Crippen molar-refractivity contribution < 1.29 is 14.3 Å². The first-order valence-corrected chi connectivity index (χ1v) is 12.7. The fraction of sp³-hybridized carbons (Fsp3) is 0.200. The molecule has 2 aromatic heterocycles. The minimum Gasteiger partial charge on any atom is -0.457 e. The summed E-state index contributed by atoms with van der Waals surface area (Å²) in [6, 6.07) is 22.0. The molecule has 3 aromatic carbocycles. The lowest BCUT2D eigenvalue weighted by molar-refractivity contribution is 0.172. The minimum atomic E-state index is -0.585. The molecule has 5 aromatic rings. The van der Waals surface area contributed by atoms with Gasteiger partial charge in [-0.3, -0.25) is 9.47 Å². The predicted octanol–water partition coefficient (Wildman–Crippen LogP) is 5.63. The van der Waals surface area contributed by atoms with Gasteiger partial charge in [0, 0.05) is 11.2 Å². The number of hydrogen-bond acceptors (Lipinski definition) is 7. The smallest absolute Gasteiger partial charge is 0.414 e. The summed E-state index contributed by atoms with van der Waals surface area (Å²) < 4.78 is 14.0. The molecule has 0 saturated carbocycles. The molecule has 40 heavy (non-hydrogen) atoms. The molecule has 0 fully saturated rings. The van der Waals surface area contributed by atoms with E-state index in [0.717, 1.165) is 5.56 Å². The second kappa shape index (κ2) is 10.2. The molecule has 0 unspecified atom stereocenters. The number of para-hydroxylation sites is 1. The van der Waals surface area contributed by atoms with Crippen molar-refractivity contribution in [3.05, 3.63) is 95.2 Å². The molecular formula is C30H30N6O4. The molecule has 10 heteroatoms. The fourth-order valence-electron chi connectivity index (χ4n) is 4.70. The first-order valence-electron chi connectivity index (χ1n) is 12.7. The third kappa shape index (κ3) is 4.75. The Balaban J connectivity index is 1.67. The maximum atomic E-state index is 14.1. The number of aromatic nitrogens is 4. The Labute approximate surface area is 231 Å². The Morgan fingerprint density at radius 3 is 2.35 bits per heavy atom. The standard InChI is InChI=1S/C30H30N6O4/c1-19-16-23(40-22-12-7-6-8-13-22)14-15-24(19)35-25-26(31)32-18-33-27(25)34(28(35)37)20-10-9-11-21(17-20)36(29(38)39-5)30(2,3)4/h6-18H,1-5H3,(H2,31,32,33). The van der Waals surface area contributed by atoms with Crippen LogP contribution in [0.2, 0.25) is 0 Å². The van der Waals surface area contributed by atoms with Gasteiger partial charge in [-0.15, -0.1) is 0 Å². The van der Waals surface area contributed by atoms with E-state index in [1.54, 1.807) is 36.4 Å². The zero-order valence-corrected chi connectivity index (χ0v) is 23.0. The molecule has 0 radical (unpaired) electrons. The highest BCUT2D eigenvalue weighted by Crippen LogP contribution is 2.31. The average molecular weight is 539 g/mol. The van der Waals surface area contributed by atoms with E-state index in [1.165, 1.54) is 27.5 Å². The summed E-state index contributed by atoms with van der Waals surface area (Å²) in [5.41, 5.74) is 8.50. The third-order valence-corrected chi connectivity index (χ3v) is 6.41. The Bertz CT molecular complexity index is 1770. The Morgan fingerprint density at radius 2 is 1.68 bits per heavy atom. The Morgan fingerprint density at radius 1 is 0.925 bits per heavy atom. The molecule has 0 aliphatic heterocycles. The number of nitrogens with zero attached hydrogens (tertiary/aromatic N) is 5. The monoisotopic (exact) mass is 538 g/mol. The number of aryl methyl sites for hydroxylation is 1. The summed E-state index contributed by atoms with van der Waals surface area (Å²) in [5, 5.41) is 0. The third-order valence-electron chi connectivity index (χ3n) is 6.41. The summed E-state index contributed by atoms with van der Waals surface area (Å²) in [4.78, 5) is 36.9. The van der Waals surface area contributed by atoms with Crippen molar-refractivity contribution in [2.45, 2.75) is 33.2 Å². The molecule has 2 N–H and O–H groups in total. The van der Waals surface area contributed by atoms with Crippen LogP contribution in [0.4, 0.5) is 16.3 Å². The van der Waals surface area contributed by atoms with Crippen LogP contribution in [0.3, 0.4) is 0 Å². The van der Waals surface area contributed by atoms with Crippen molar-refractivity contribution in [1.29, 1.82) is 0 Å². The maximum absolute atomic E-state index is 14.1. The molecule has 0 atom stereocenters. The number of nitrogens with two attached hydrogens (primary N) is 1. The van der Waals surface area contributed by atoms with Gasteiger partial charge in [-0.05, 0) is 81.8 Å². The Kier molecular flexibility index (Phi) is 6.76. The highest BCUT2D eigenvalue weighted by Gasteiger charge is 2.30. The summed E-state index contributed by atoms with van der Waals surface area (Å²) in [6.45, 7) is 7.59. The second-order valence-electron chi connectivity index (χ2n) is 10.2. The number of amides is 1. The summed E-state index contributed by atoms with van der Waals surface area (Å²) in [6.07, 6.45) is 0.806. The van der Waals surface area contributed by atoms with Gasteiger partial charge >= 0.3 is 11.8 Å². The average Bonchev–Trinajstić information content (AvgIpc) is 3.21. The van der Waals surface area contributed by atoms with Gasteiger partial charge in [0.25, 0.3) is 0 Å². The lowest BCUT2D eigenvalue weighted by Gasteiger charge is -2.34.